The highest BCUT2D eigenvalue weighted by Gasteiger charge is 2.08. The molecule has 0 radical (unpaired) electrons. The van der Waals surface area contributed by atoms with Crippen molar-refractivity contribution in [3.05, 3.63) is 41.2 Å². The Bertz CT molecular complexity index is 510. The third-order valence-electron chi connectivity index (χ3n) is 2.78. The van der Waals surface area contributed by atoms with E-state index in [1.54, 1.807) is 11.8 Å². The molecule has 19 heavy (non-hydrogen) atoms. The zero-order chi connectivity index (χ0) is 13.0. The average Bonchev–Trinajstić information content (AvgIpc) is 2.71. The van der Waals surface area contributed by atoms with Gasteiger partial charge in [-0.15, -0.1) is 22.6 Å². The van der Waals surface area contributed by atoms with Gasteiger partial charge in [0, 0.05) is 19.2 Å². The van der Waals surface area contributed by atoms with Crippen LogP contribution in [-0.2, 0) is 19.2 Å². The number of nitrogens with zero attached hydrogens (tertiary/aromatic N) is 3. The quantitative estimate of drug-likeness (QED) is 0.861. The van der Waals surface area contributed by atoms with Gasteiger partial charge < -0.3 is 10.3 Å². The van der Waals surface area contributed by atoms with Crippen LogP contribution in [0, 0.1) is 6.92 Å². The van der Waals surface area contributed by atoms with Gasteiger partial charge in [-0.1, -0.05) is 41.6 Å². The van der Waals surface area contributed by atoms with Gasteiger partial charge in [0.15, 0.2) is 5.16 Å². The number of nitrogens with two attached hydrogens (primary N) is 1. The van der Waals surface area contributed by atoms with Crippen LogP contribution in [0.1, 0.15) is 17.0 Å². The lowest BCUT2D eigenvalue weighted by Crippen LogP contribution is -2.08. The molecule has 0 unspecified atom stereocenters. The Morgan fingerprint density at radius 1 is 1.21 bits per heavy atom. The molecule has 0 amide bonds. The van der Waals surface area contributed by atoms with E-state index in [-0.39, 0.29) is 12.4 Å². The number of hydrogen-bond acceptors (Lipinski definition) is 4. The summed E-state index contributed by atoms with van der Waals surface area (Å²) in [4.78, 5) is 0. The lowest BCUT2D eigenvalue weighted by Gasteiger charge is -2.03. The first kappa shape index (κ1) is 16.0. The molecule has 1 aromatic heterocycles. The molecule has 0 aliphatic carbocycles. The van der Waals surface area contributed by atoms with E-state index in [0.29, 0.717) is 6.54 Å². The van der Waals surface area contributed by atoms with Gasteiger partial charge in [-0.3, -0.25) is 0 Å². The second-order valence-electron chi connectivity index (χ2n) is 4.27. The Morgan fingerprint density at radius 3 is 2.53 bits per heavy atom. The molecule has 4 nitrogen and oxygen atoms in total. The van der Waals surface area contributed by atoms with Crippen molar-refractivity contribution in [2.75, 3.05) is 6.54 Å². The SMILES string of the molecule is Cc1ccc(CSc2nnc(CCN)n2C)cc1.Cl. The van der Waals surface area contributed by atoms with Crippen molar-refractivity contribution in [1.82, 2.24) is 14.8 Å². The van der Waals surface area contributed by atoms with Crippen LogP contribution in [0.15, 0.2) is 29.4 Å². The number of rotatable bonds is 5. The Balaban J connectivity index is 0.00000180. The minimum atomic E-state index is 0. The Labute approximate surface area is 124 Å². The van der Waals surface area contributed by atoms with Gasteiger partial charge in [-0.05, 0) is 19.0 Å². The molecule has 0 saturated carbocycles. The van der Waals surface area contributed by atoms with E-state index in [1.165, 1.54) is 11.1 Å². The molecule has 0 aliphatic heterocycles. The Hall–Kier alpha value is -1.04. The van der Waals surface area contributed by atoms with Crippen molar-refractivity contribution in [2.24, 2.45) is 12.8 Å². The number of thioether (sulfide) groups is 1. The van der Waals surface area contributed by atoms with E-state index in [1.807, 2.05) is 11.6 Å². The van der Waals surface area contributed by atoms with E-state index in [4.69, 9.17) is 5.73 Å². The van der Waals surface area contributed by atoms with Gasteiger partial charge in [0.25, 0.3) is 0 Å². The Morgan fingerprint density at radius 2 is 1.89 bits per heavy atom. The second-order valence-corrected chi connectivity index (χ2v) is 5.21. The minimum absolute atomic E-state index is 0. The van der Waals surface area contributed by atoms with Crippen LogP contribution in [0.4, 0.5) is 0 Å². The van der Waals surface area contributed by atoms with Gasteiger partial charge in [0.05, 0.1) is 0 Å². The van der Waals surface area contributed by atoms with Crippen molar-refractivity contribution < 1.29 is 0 Å². The lowest BCUT2D eigenvalue weighted by atomic mass is 10.2. The fourth-order valence-electron chi connectivity index (χ4n) is 1.65. The normalized spacial score (nSPS) is 10.3. The minimum Gasteiger partial charge on any atom is -0.330 e. The van der Waals surface area contributed by atoms with Crippen LogP contribution in [-0.4, -0.2) is 21.3 Å². The molecule has 2 rings (SSSR count). The highest BCUT2D eigenvalue weighted by atomic mass is 35.5. The predicted molar refractivity (Wildman–Crippen MR) is 81.7 cm³/mol. The van der Waals surface area contributed by atoms with Crippen LogP contribution in [0.25, 0.3) is 0 Å². The summed E-state index contributed by atoms with van der Waals surface area (Å²) in [7, 11) is 1.99. The maximum atomic E-state index is 5.53. The van der Waals surface area contributed by atoms with Gasteiger partial charge in [-0.25, -0.2) is 0 Å². The molecule has 6 heteroatoms. The summed E-state index contributed by atoms with van der Waals surface area (Å²) in [6, 6.07) is 8.57. The maximum Gasteiger partial charge on any atom is 0.191 e. The lowest BCUT2D eigenvalue weighted by molar-refractivity contribution is 0.727. The van der Waals surface area contributed by atoms with E-state index < -0.39 is 0 Å². The summed E-state index contributed by atoms with van der Waals surface area (Å²) < 4.78 is 2.02. The van der Waals surface area contributed by atoms with E-state index in [2.05, 4.69) is 41.4 Å². The van der Waals surface area contributed by atoms with E-state index in [0.717, 1.165) is 23.2 Å². The van der Waals surface area contributed by atoms with Crippen LogP contribution in [0.3, 0.4) is 0 Å². The average molecular weight is 299 g/mol. The number of aromatic nitrogens is 3. The van der Waals surface area contributed by atoms with Gasteiger partial charge in [-0.2, -0.15) is 0 Å². The fourth-order valence-corrected chi connectivity index (χ4v) is 2.54. The molecule has 104 valence electrons. The number of benzene rings is 1. The molecule has 1 aromatic carbocycles. The van der Waals surface area contributed by atoms with E-state index >= 15 is 0 Å². The first-order chi connectivity index (χ1) is 8.70. The summed E-state index contributed by atoms with van der Waals surface area (Å²) in [5.41, 5.74) is 8.11. The van der Waals surface area contributed by atoms with Crippen molar-refractivity contribution in [1.29, 1.82) is 0 Å². The highest BCUT2D eigenvalue weighted by Crippen LogP contribution is 2.21. The monoisotopic (exact) mass is 298 g/mol. The zero-order valence-electron chi connectivity index (χ0n) is 11.2. The molecule has 2 N–H and O–H groups in total. The maximum absolute atomic E-state index is 5.53. The third-order valence-corrected chi connectivity index (χ3v) is 3.87. The molecule has 0 bridgehead atoms. The van der Waals surface area contributed by atoms with Gasteiger partial charge >= 0.3 is 0 Å². The molecule has 1 heterocycles. The smallest absolute Gasteiger partial charge is 0.191 e. The predicted octanol–water partition coefficient (Wildman–Crippen LogP) is 2.34. The first-order valence-electron chi connectivity index (χ1n) is 5.97. The topological polar surface area (TPSA) is 56.7 Å². The van der Waals surface area contributed by atoms with Crippen molar-refractivity contribution in [3.8, 4) is 0 Å². The molecule has 0 atom stereocenters. The standard InChI is InChI=1S/C13H18N4S.ClH/c1-10-3-5-11(6-4-10)9-18-13-16-15-12(7-8-14)17(13)2;/h3-6H,7-9,14H2,1-2H3;1H. The summed E-state index contributed by atoms with van der Waals surface area (Å²) >= 11 is 1.70. The van der Waals surface area contributed by atoms with Crippen LogP contribution >= 0.6 is 24.2 Å². The number of halogens is 1. The van der Waals surface area contributed by atoms with Crippen LogP contribution in [0.5, 0.6) is 0 Å². The van der Waals surface area contributed by atoms with E-state index in [9.17, 15) is 0 Å². The van der Waals surface area contributed by atoms with Crippen molar-refractivity contribution >= 4 is 24.2 Å². The molecule has 0 aliphatic rings. The molecule has 0 saturated heterocycles. The largest absolute Gasteiger partial charge is 0.330 e. The molecular weight excluding hydrogens is 280 g/mol. The first-order valence-corrected chi connectivity index (χ1v) is 6.96. The van der Waals surface area contributed by atoms with Gasteiger partial charge in [0.2, 0.25) is 0 Å². The number of hydrogen-bond donors (Lipinski definition) is 1. The molecule has 0 fully saturated rings. The molecule has 0 spiro atoms. The van der Waals surface area contributed by atoms with Crippen LogP contribution < -0.4 is 5.73 Å². The summed E-state index contributed by atoms with van der Waals surface area (Å²) in [5.74, 6) is 1.86. The summed E-state index contributed by atoms with van der Waals surface area (Å²) in [6.45, 7) is 2.70. The Kier molecular flexibility index (Phi) is 6.34. The van der Waals surface area contributed by atoms with Crippen molar-refractivity contribution in [2.45, 2.75) is 24.3 Å². The summed E-state index contributed by atoms with van der Waals surface area (Å²) in [6.07, 6.45) is 0.772. The fraction of sp³-hybridized carbons (Fsp3) is 0.385. The molecule has 2 aromatic rings. The van der Waals surface area contributed by atoms with Crippen molar-refractivity contribution in [3.63, 3.8) is 0 Å². The van der Waals surface area contributed by atoms with Crippen LogP contribution in [0.2, 0.25) is 0 Å². The third kappa shape index (κ3) is 4.23. The molecular formula is C13H19ClN4S. The zero-order valence-corrected chi connectivity index (χ0v) is 12.8. The van der Waals surface area contributed by atoms with Gasteiger partial charge in [0.1, 0.15) is 5.82 Å². The highest BCUT2D eigenvalue weighted by molar-refractivity contribution is 7.98. The summed E-state index contributed by atoms with van der Waals surface area (Å²) in [5, 5.41) is 9.27. The second kappa shape index (κ2) is 7.53. The number of aryl methyl sites for hydroxylation is 1.